The third kappa shape index (κ3) is 2.25. The summed E-state index contributed by atoms with van der Waals surface area (Å²) in [5.74, 6) is 0. The summed E-state index contributed by atoms with van der Waals surface area (Å²) >= 11 is 1.51. The summed E-state index contributed by atoms with van der Waals surface area (Å²) in [7, 11) is 1.91. The van der Waals surface area contributed by atoms with Crippen LogP contribution in [0.3, 0.4) is 0 Å². The average molecular weight is 310 g/mol. The first-order valence-corrected chi connectivity index (χ1v) is 7.65. The van der Waals surface area contributed by atoms with Crippen molar-refractivity contribution in [1.29, 1.82) is 0 Å². The summed E-state index contributed by atoms with van der Waals surface area (Å²) < 4.78 is 5.01. The quantitative estimate of drug-likeness (QED) is 0.631. The van der Waals surface area contributed by atoms with Crippen LogP contribution in [-0.4, -0.2) is 24.3 Å². The van der Waals surface area contributed by atoms with Gasteiger partial charge in [0.15, 0.2) is 5.13 Å². The summed E-state index contributed by atoms with van der Waals surface area (Å²) in [4.78, 5) is 8.55. The number of fused-ring (bicyclic) bond motifs is 1. The molecule has 110 valence electrons. The minimum atomic E-state index is 0.603. The lowest BCUT2D eigenvalue weighted by molar-refractivity contribution is 0.767. The second kappa shape index (κ2) is 4.96. The van der Waals surface area contributed by atoms with Crippen LogP contribution in [0.25, 0.3) is 21.5 Å². The molecule has 1 aromatic carbocycles. The third-order valence-corrected chi connectivity index (χ3v) is 4.38. The summed E-state index contributed by atoms with van der Waals surface area (Å²) in [5, 5.41) is 4.82. The van der Waals surface area contributed by atoms with E-state index in [1.165, 1.54) is 16.9 Å². The van der Waals surface area contributed by atoms with Gasteiger partial charge in [0.25, 0.3) is 0 Å². The van der Waals surface area contributed by atoms with E-state index in [9.17, 15) is 0 Å². The van der Waals surface area contributed by atoms with Crippen LogP contribution in [0.15, 0.2) is 43.1 Å². The van der Waals surface area contributed by atoms with Crippen molar-refractivity contribution < 1.29 is 0 Å². The van der Waals surface area contributed by atoms with Crippen molar-refractivity contribution in [1.82, 2.24) is 24.3 Å². The Bertz CT molecular complexity index is 948. The number of rotatable bonds is 3. The highest BCUT2D eigenvalue weighted by molar-refractivity contribution is 7.22. The topological polar surface area (TPSA) is 74.5 Å². The normalized spacial score (nSPS) is 11.3. The fourth-order valence-corrected chi connectivity index (χ4v) is 3.32. The fourth-order valence-electron chi connectivity index (χ4n) is 2.52. The number of nitrogens with zero attached hydrogens (tertiary/aromatic N) is 5. The van der Waals surface area contributed by atoms with E-state index in [0.29, 0.717) is 5.13 Å². The molecule has 6 nitrogen and oxygen atoms in total. The van der Waals surface area contributed by atoms with Gasteiger partial charge in [0.2, 0.25) is 0 Å². The van der Waals surface area contributed by atoms with Crippen molar-refractivity contribution in [2.45, 2.75) is 6.54 Å². The van der Waals surface area contributed by atoms with Gasteiger partial charge in [0.1, 0.15) is 0 Å². The SMILES string of the molecule is Cn1cc(-c2cncn2Cc2ccc3nc(N)sc3c2)cn1. The Morgan fingerprint density at radius 1 is 1.27 bits per heavy atom. The maximum atomic E-state index is 5.76. The lowest BCUT2D eigenvalue weighted by Gasteiger charge is -2.07. The van der Waals surface area contributed by atoms with Gasteiger partial charge in [-0.25, -0.2) is 9.97 Å². The van der Waals surface area contributed by atoms with E-state index in [4.69, 9.17) is 5.73 Å². The van der Waals surface area contributed by atoms with E-state index in [0.717, 1.165) is 28.0 Å². The lowest BCUT2D eigenvalue weighted by Crippen LogP contribution is -1.99. The van der Waals surface area contributed by atoms with Gasteiger partial charge in [-0.15, -0.1) is 0 Å². The van der Waals surface area contributed by atoms with Gasteiger partial charge in [-0.1, -0.05) is 17.4 Å². The van der Waals surface area contributed by atoms with Crippen LogP contribution in [0.1, 0.15) is 5.56 Å². The van der Waals surface area contributed by atoms with Gasteiger partial charge < -0.3 is 10.3 Å². The Labute approximate surface area is 130 Å². The molecule has 22 heavy (non-hydrogen) atoms. The highest BCUT2D eigenvalue weighted by Crippen LogP contribution is 2.26. The molecule has 0 bridgehead atoms. The molecule has 0 aliphatic heterocycles. The van der Waals surface area contributed by atoms with E-state index < -0.39 is 0 Å². The molecule has 4 rings (SSSR count). The molecule has 0 fully saturated rings. The zero-order valence-corrected chi connectivity index (χ0v) is 12.8. The number of benzene rings is 1. The Morgan fingerprint density at radius 3 is 3.00 bits per heavy atom. The fraction of sp³-hybridized carbons (Fsp3) is 0.133. The second-order valence-electron chi connectivity index (χ2n) is 5.16. The van der Waals surface area contributed by atoms with Crippen molar-refractivity contribution >= 4 is 26.7 Å². The van der Waals surface area contributed by atoms with Crippen molar-refractivity contribution in [2.24, 2.45) is 7.05 Å². The minimum Gasteiger partial charge on any atom is -0.375 e. The first-order chi connectivity index (χ1) is 10.7. The van der Waals surface area contributed by atoms with E-state index in [2.05, 4.69) is 31.8 Å². The third-order valence-electron chi connectivity index (χ3n) is 3.54. The molecule has 3 aromatic heterocycles. The molecule has 0 amide bonds. The van der Waals surface area contributed by atoms with Gasteiger partial charge in [-0.2, -0.15) is 5.10 Å². The Morgan fingerprint density at radius 2 is 2.18 bits per heavy atom. The van der Waals surface area contributed by atoms with Gasteiger partial charge in [-0.3, -0.25) is 4.68 Å². The van der Waals surface area contributed by atoms with Crippen molar-refractivity contribution in [3.8, 4) is 11.3 Å². The number of imidazole rings is 1. The number of anilines is 1. The summed E-state index contributed by atoms with van der Waals surface area (Å²) in [6.07, 6.45) is 7.54. The molecule has 2 N–H and O–H groups in total. The second-order valence-corrected chi connectivity index (χ2v) is 6.23. The Hall–Kier alpha value is -2.67. The number of aryl methyl sites for hydroxylation is 1. The number of nitrogen functional groups attached to an aromatic ring is 1. The smallest absolute Gasteiger partial charge is 0.181 e. The van der Waals surface area contributed by atoms with Crippen molar-refractivity contribution in [2.75, 3.05) is 5.73 Å². The molecule has 0 atom stereocenters. The van der Waals surface area contributed by atoms with Crippen LogP contribution in [-0.2, 0) is 13.6 Å². The predicted octanol–water partition coefficient (Wildman–Crippen LogP) is 2.52. The molecular formula is C15H14N6S. The van der Waals surface area contributed by atoms with Gasteiger partial charge >= 0.3 is 0 Å². The monoisotopic (exact) mass is 310 g/mol. The molecule has 7 heteroatoms. The zero-order chi connectivity index (χ0) is 15.1. The molecule has 0 aliphatic carbocycles. The van der Waals surface area contributed by atoms with Crippen LogP contribution in [0, 0.1) is 0 Å². The molecule has 0 saturated carbocycles. The highest BCUT2D eigenvalue weighted by Gasteiger charge is 2.09. The van der Waals surface area contributed by atoms with E-state index >= 15 is 0 Å². The average Bonchev–Trinajstić information content (AvgIpc) is 3.17. The number of hydrogen-bond acceptors (Lipinski definition) is 5. The van der Waals surface area contributed by atoms with E-state index in [1.807, 2.05) is 38.0 Å². The molecule has 0 aliphatic rings. The van der Waals surface area contributed by atoms with Crippen LogP contribution in [0.5, 0.6) is 0 Å². The van der Waals surface area contributed by atoms with Crippen LogP contribution < -0.4 is 5.73 Å². The van der Waals surface area contributed by atoms with Crippen LogP contribution in [0.2, 0.25) is 0 Å². The predicted molar refractivity (Wildman–Crippen MR) is 87.6 cm³/mol. The Kier molecular flexibility index (Phi) is 2.93. The van der Waals surface area contributed by atoms with Gasteiger partial charge in [0, 0.05) is 25.4 Å². The zero-order valence-electron chi connectivity index (χ0n) is 12.0. The number of nitrogens with two attached hydrogens (primary N) is 1. The van der Waals surface area contributed by atoms with Crippen molar-refractivity contribution in [3.63, 3.8) is 0 Å². The molecule has 3 heterocycles. The number of hydrogen-bond donors (Lipinski definition) is 1. The highest BCUT2D eigenvalue weighted by atomic mass is 32.1. The van der Waals surface area contributed by atoms with Gasteiger partial charge in [-0.05, 0) is 17.7 Å². The standard InChI is InChI=1S/C15H14N6S/c1-20-8-11(5-18-20)13-6-17-9-21(13)7-10-2-3-12-14(4-10)22-15(16)19-12/h2-6,8-9H,7H2,1H3,(H2,16,19). The van der Waals surface area contributed by atoms with E-state index in [1.54, 1.807) is 4.68 Å². The van der Waals surface area contributed by atoms with E-state index in [-0.39, 0.29) is 0 Å². The molecule has 0 radical (unpaired) electrons. The first-order valence-electron chi connectivity index (χ1n) is 6.83. The Balaban J connectivity index is 1.69. The molecule has 4 aromatic rings. The molecule has 0 unspecified atom stereocenters. The van der Waals surface area contributed by atoms with Crippen LogP contribution in [0.4, 0.5) is 5.13 Å². The van der Waals surface area contributed by atoms with Gasteiger partial charge in [0.05, 0.1) is 34.6 Å². The maximum absolute atomic E-state index is 5.76. The lowest BCUT2D eigenvalue weighted by atomic mass is 10.2. The summed E-state index contributed by atoms with van der Waals surface area (Å²) in [6.45, 7) is 0.748. The minimum absolute atomic E-state index is 0.603. The van der Waals surface area contributed by atoms with Crippen LogP contribution >= 0.6 is 11.3 Å². The molecule has 0 saturated heterocycles. The number of thiazole rings is 1. The molecule has 0 spiro atoms. The summed E-state index contributed by atoms with van der Waals surface area (Å²) in [5.41, 5.74) is 10.0. The maximum Gasteiger partial charge on any atom is 0.181 e. The summed E-state index contributed by atoms with van der Waals surface area (Å²) in [6, 6.07) is 6.23. The van der Waals surface area contributed by atoms with Crippen molar-refractivity contribution in [3.05, 3.63) is 48.7 Å². The number of aromatic nitrogens is 5. The first kappa shape index (κ1) is 13.0. The largest absolute Gasteiger partial charge is 0.375 e. The molecular weight excluding hydrogens is 296 g/mol.